The molecule has 140 valence electrons. The topological polar surface area (TPSA) is 17.8 Å². The Hall–Kier alpha value is -1.84. The molecule has 0 saturated heterocycles. The van der Waals surface area contributed by atoms with Crippen molar-refractivity contribution in [2.45, 2.75) is 13.8 Å². The Morgan fingerprint density at radius 3 is 2.14 bits per heavy atom. The second-order valence-corrected chi connectivity index (χ2v) is 6.37. The van der Waals surface area contributed by atoms with Crippen LogP contribution in [0, 0.1) is 13.8 Å². The zero-order valence-electron chi connectivity index (χ0n) is 15.7. The molecule has 5 rings (SSSR count). The van der Waals surface area contributed by atoms with Crippen molar-refractivity contribution in [3.05, 3.63) is 96.2 Å². The number of nitrogens with zero attached hydrogens (tertiary/aromatic N) is 2. The molecular formula is C23H20Cl2N2Ti. The Bertz CT molecular complexity index is 983. The molecular weight excluding hydrogens is 423 g/mol. The summed E-state index contributed by atoms with van der Waals surface area (Å²) in [6, 6.07) is 27.2. The Morgan fingerprint density at radius 2 is 1.57 bits per heavy atom. The van der Waals surface area contributed by atoms with Crippen LogP contribution in [0.4, 0.5) is 0 Å². The molecule has 5 heteroatoms. The van der Waals surface area contributed by atoms with E-state index in [9.17, 15) is 0 Å². The van der Waals surface area contributed by atoms with Crippen LogP contribution in [0.5, 0.6) is 0 Å². The number of aryl methyl sites for hydroxylation is 2. The van der Waals surface area contributed by atoms with Gasteiger partial charge in [-0.1, -0.05) is 38.1 Å². The Balaban J connectivity index is 0.000000341. The SMILES string of the molecule is Cc1ccc[c-]1C.[Cl-].[Cl-].[Ti+4].c1ccc2[cH-]c(-n3cc4ccccc4n3)cc2c1. The van der Waals surface area contributed by atoms with Crippen molar-refractivity contribution in [3.63, 3.8) is 0 Å². The molecule has 0 bridgehead atoms. The Labute approximate surface area is 193 Å². The molecule has 2 nitrogen and oxygen atoms in total. The van der Waals surface area contributed by atoms with Crippen LogP contribution in [0.3, 0.4) is 0 Å². The van der Waals surface area contributed by atoms with Crippen molar-refractivity contribution in [3.8, 4) is 5.69 Å². The zero-order chi connectivity index (χ0) is 17.2. The number of aromatic nitrogens is 2. The molecule has 0 saturated carbocycles. The number of fused-ring (bicyclic) bond motifs is 2. The second kappa shape index (κ2) is 10.6. The van der Waals surface area contributed by atoms with Gasteiger partial charge in [0.15, 0.2) is 0 Å². The van der Waals surface area contributed by atoms with E-state index in [0.717, 1.165) is 11.2 Å². The van der Waals surface area contributed by atoms with Crippen LogP contribution in [-0.2, 0) is 21.7 Å². The summed E-state index contributed by atoms with van der Waals surface area (Å²) < 4.78 is 1.95. The van der Waals surface area contributed by atoms with Crippen molar-refractivity contribution in [1.29, 1.82) is 0 Å². The molecule has 0 fully saturated rings. The Morgan fingerprint density at radius 1 is 0.893 bits per heavy atom. The minimum Gasteiger partial charge on any atom is -1.00 e. The van der Waals surface area contributed by atoms with E-state index in [2.05, 4.69) is 85.8 Å². The maximum absolute atomic E-state index is 4.59. The van der Waals surface area contributed by atoms with Crippen molar-refractivity contribution >= 4 is 21.7 Å². The predicted octanol–water partition coefficient (Wildman–Crippen LogP) is -0.0746. The van der Waals surface area contributed by atoms with Gasteiger partial charge in [-0.2, -0.15) is 22.3 Å². The molecule has 0 aliphatic heterocycles. The van der Waals surface area contributed by atoms with Gasteiger partial charge in [0.25, 0.3) is 0 Å². The van der Waals surface area contributed by atoms with E-state index in [0.29, 0.717) is 0 Å². The number of hydrogen-bond donors (Lipinski definition) is 0. The van der Waals surface area contributed by atoms with Gasteiger partial charge >= 0.3 is 21.7 Å². The van der Waals surface area contributed by atoms with E-state index in [-0.39, 0.29) is 46.5 Å². The van der Waals surface area contributed by atoms with Crippen LogP contribution in [0.2, 0.25) is 0 Å². The molecule has 0 amide bonds. The largest absolute Gasteiger partial charge is 4.00 e. The van der Waals surface area contributed by atoms with Gasteiger partial charge in [0, 0.05) is 11.6 Å². The van der Waals surface area contributed by atoms with Gasteiger partial charge in [-0.05, 0) is 11.8 Å². The number of hydrogen-bond acceptors (Lipinski definition) is 1. The fourth-order valence-electron chi connectivity index (χ4n) is 2.96. The van der Waals surface area contributed by atoms with Crippen LogP contribution in [-0.4, -0.2) is 9.78 Å². The minimum absolute atomic E-state index is 0. The van der Waals surface area contributed by atoms with E-state index >= 15 is 0 Å². The number of rotatable bonds is 1. The van der Waals surface area contributed by atoms with Crippen LogP contribution in [0.25, 0.3) is 27.4 Å². The second-order valence-electron chi connectivity index (χ2n) is 6.37. The summed E-state index contributed by atoms with van der Waals surface area (Å²) in [7, 11) is 0. The first-order valence-electron chi connectivity index (χ1n) is 8.50. The molecule has 0 unspecified atom stereocenters. The monoisotopic (exact) mass is 442 g/mol. The molecule has 1 heterocycles. The summed E-state index contributed by atoms with van der Waals surface area (Å²) in [6.07, 6.45) is 2.07. The summed E-state index contributed by atoms with van der Waals surface area (Å²) in [5.74, 6) is 0. The minimum atomic E-state index is 0. The maximum Gasteiger partial charge on any atom is 4.00 e. The summed E-state index contributed by atoms with van der Waals surface area (Å²) in [4.78, 5) is 0. The predicted molar refractivity (Wildman–Crippen MR) is 106 cm³/mol. The van der Waals surface area contributed by atoms with Crippen LogP contribution in [0.15, 0.2) is 85.1 Å². The van der Waals surface area contributed by atoms with E-state index in [1.54, 1.807) is 0 Å². The zero-order valence-corrected chi connectivity index (χ0v) is 18.8. The molecule has 1 aromatic heterocycles. The molecule has 0 aliphatic rings. The smallest absolute Gasteiger partial charge is 1.00 e. The van der Waals surface area contributed by atoms with E-state index < -0.39 is 0 Å². The molecule has 0 radical (unpaired) electrons. The number of benzene rings is 2. The van der Waals surface area contributed by atoms with Gasteiger partial charge in [0.1, 0.15) is 0 Å². The van der Waals surface area contributed by atoms with Crippen molar-refractivity contribution in [2.24, 2.45) is 0 Å². The normalized spacial score (nSPS) is 9.64. The van der Waals surface area contributed by atoms with Gasteiger partial charge in [-0.3, -0.25) is 4.68 Å². The third kappa shape index (κ3) is 5.15. The van der Waals surface area contributed by atoms with Crippen molar-refractivity contribution < 1.29 is 46.5 Å². The van der Waals surface area contributed by atoms with Crippen LogP contribution >= 0.6 is 0 Å². The van der Waals surface area contributed by atoms with Crippen LogP contribution < -0.4 is 24.8 Å². The van der Waals surface area contributed by atoms with Crippen molar-refractivity contribution in [2.75, 3.05) is 0 Å². The maximum atomic E-state index is 4.59. The van der Waals surface area contributed by atoms with Gasteiger partial charge in [-0.15, -0.1) is 41.1 Å². The van der Waals surface area contributed by atoms with E-state index in [1.807, 2.05) is 22.9 Å². The molecule has 0 N–H and O–H groups in total. The van der Waals surface area contributed by atoms with Gasteiger partial charge in [0.2, 0.25) is 0 Å². The van der Waals surface area contributed by atoms with Gasteiger partial charge in [-0.25, -0.2) is 12.1 Å². The first-order valence-corrected chi connectivity index (χ1v) is 8.50. The van der Waals surface area contributed by atoms with Gasteiger partial charge < -0.3 is 24.8 Å². The third-order valence-electron chi connectivity index (χ3n) is 4.60. The van der Waals surface area contributed by atoms with E-state index in [4.69, 9.17) is 0 Å². The summed E-state index contributed by atoms with van der Waals surface area (Å²) in [5, 5.41) is 8.28. The standard InChI is InChI=1S/C16H11N2.C7H9.2ClH.Ti/c1-2-6-13-10-15(9-12(13)5-1)18-11-14-7-3-4-8-16(14)17-18;1-6-4-3-5-7(6)2;;;/h1-11H;3-5H,1-2H3;2*1H;/q2*-1;;;+4/p-2. The molecule has 28 heavy (non-hydrogen) atoms. The van der Waals surface area contributed by atoms with E-state index in [1.165, 1.54) is 27.3 Å². The fraction of sp³-hybridized carbons (Fsp3) is 0.0870. The summed E-state index contributed by atoms with van der Waals surface area (Å²) in [5.41, 5.74) is 4.93. The molecule has 5 aromatic rings. The summed E-state index contributed by atoms with van der Waals surface area (Å²) in [6.45, 7) is 4.24. The molecule has 0 spiro atoms. The van der Waals surface area contributed by atoms with Crippen molar-refractivity contribution in [1.82, 2.24) is 9.78 Å². The molecule has 0 aliphatic carbocycles. The summed E-state index contributed by atoms with van der Waals surface area (Å²) >= 11 is 0. The van der Waals surface area contributed by atoms with Crippen LogP contribution in [0.1, 0.15) is 11.1 Å². The molecule has 4 aromatic carbocycles. The third-order valence-corrected chi connectivity index (χ3v) is 4.60. The molecule has 0 atom stereocenters. The first-order chi connectivity index (χ1) is 12.2. The first kappa shape index (κ1) is 24.2. The van der Waals surface area contributed by atoms with Gasteiger partial charge in [0.05, 0.1) is 5.52 Å². The Kier molecular flexibility index (Phi) is 9.20. The quantitative estimate of drug-likeness (QED) is 0.262. The average molecular weight is 443 g/mol. The average Bonchev–Trinajstić information content (AvgIpc) is 3.33. The fourth-order valence-corrected chi connectivity index (χ4v) is 2.96. The number of halogens is 2.